The molecule has 30 heavy (non-hydrogen) atoms. The summed E-state index contributed by atoms with van der Waals surface area (Å²) in [5.41, 5.74) is 1.36. The van der Waals surface area contributed by atoms with Crippen LogP contribution >= 0.6 is 23.2 Å². The van der Waals surface area contributed by atoms with Crippen LogP contribution in [0.1, 0.15) is 42.5 Å². The second-order valence-corrected chi connectivity index (χ2v) is 8.61. The van der Waals surface area contributed by atoms with Crippen molar-refractivity contribution in [1.82, 2.24) is 5.16 Å². The van der Waals surface area contributed by atoms with Gasteiger partial charge in [0, 0.05) is 17.2 Å². The summed E-state index contributed by atoms with van der Waals surface area (Å²) in [5.74, 6) is 0.446. The summed E-state index contributed by atoms with van der Waals surface area (Å²) in [6.45, 7) is 6.00. The van der Waals surface area contributed by atoms with Crippen molar-refractivity contribution in [3.8, 4) is 0 Å². The van der Waals surface area contributed by atoms with Crippen molar-refractivity contribution in [1.29, 1.82) is 0 Å². The van der Waals surface area contributed by atoms with E-state index in [-0.39, 0.29) is 33.4 Å². The zero-order valence-corrected chi connectivity index (χ0v) is 18.3. The lowest BCUT2D eigenvalue weighted by molar-refractivity contribution is -0.115. The fourth-order valence-corrected chi connectivity index (χ4v) is 3.24. The highest BCUT2D eigenvalue weighted by molar-refractivity contribution is 6.40. The molecule has 0 atom stereocenters. The molecule has 1 heterocycles. The maximum absolute atomic E-state index is 12.4. The molecule has 0 aliphatic carbocycles. The summed E-state index contributed by atoms with van der Waals surface area (Å²) in [6.07, 6.45) is 0.155. The first-order chi connectivity index (χ1) is 14.1. The van der Waals surface area contributed by atoms with Crippen LogP contribution in [0.2, 0.25) is 10.0 Å². The fourth-order valence-electron chi connectivity index (χ4n) is 2.67. The van der Waals surface area contributed by atoms with Crippen molar-refractivity contribution in [3.05, 3.63) is 75.5 Å². The van der Waals surface area contributed by atoms with Crippen molar-refractivity contribution < 1.29 is 14.1 Å². The summed E-state index contributed by atoms with van der Waals surface area (Å²) >= 11 is 12.1. The Morgan fingerprint density at radius 2 is 1.63 bits per heavy atom. The number of nitrogens with one attached hydrogen (secondary N) is 2. The highest BCUT2D eigenvalue weighted by Gasteiger charge is 2.20. The molecule has 0 unspecified atom stereocenters. The molecule has 0 aliphatic rings. The maximum Gasteiger partial charge on any atom is 0.258 e. The molecule has 0 bridgehead atoms. The summed E-state index contributed by atoms with van der Waals surface area (Å²) in [4.78, 5) is 24.7. The maximum atomic E-state index is 12.4. The normalized spacial score (nSPS) is 11.2. The highest BCUT2D eigenvalue weighted by atomic mass is 35.5. The van der Waals surface area contributed by atoms with E-state index in [1.54, 1.807) is 48.5 Å². The third-order valence-electron chi connectivity index (χ3n) is 4.28. The third-order valence-corrected chi connectivity index (χ3v) is 4.91. The quantitative estimate of drug-likeness (QED) is 0.526. The number of anilines is 2. The highest BCUT2D eigenvalue weighted by Crippen LogP contribution is 2.26. The molecule has 0 fully saturated rings. The smallest absolute Gasteiger partial charge is 0.258 e. The van der Waals surface area contributed by atoms with E-state index in [1.807, 2.05) is 20.8 Å². The van der Waals surface area contributed by atoms with Crippen LogP contribution in [0.5, 0.6) is 0 Å². The molecule has 0 saturated carbocycles. The second-order valence-electron chi connectivity index (χ2n) is 7.80. The second kappa shape index (κ2) is 8.90. The van der Waals surface area contributed by atoms with Crippen LogP contribution in [0.3, 0.4) is 0 Å². The molecule has 2 N–H and O–H groups in total. The average molecular weight is 446 g/mol. The molecule has 0 aliphatic heterocycles. The average Bonchev–Trinajstić information content (AvgIpc) is 3.12. The molecule has 8 heteroatoms. The Labute approximate surface area is 184 Å². The van der Waals surface area contributed by atoms with Gasteiger partial charge in [-0.2, -0.15) is 0 Å². The van der Waals surface area contributed by atoms with Gasteiger partial charge in [-0.1, -0.05) is 67.3 Å². The Morgan fingerprint density at radius 1 is 1.00 bits per heavy atom. The minimum absolute atomic E-state index is 0.155. The third kappa shape index (κ3) is 5.40. The van der Waals surface area contributed by atoms with Gasteiger partial charge in [0.05, 0.1) is 22.0 Å². The van der Waals surface area contributed by atoms with Crippen LogP contribution in [-0.4, -0.2) is 17.0 Å². The van der Waals surface area contributed by atoms with Gasteiger partial charge in [0.1, 0.15) is 5.76 Å². The first kappa shape index (κ1) is 21.9. The lowest BCUT2D eigenvalue weighted by Crippen LogP contribution is -2.15. The zero-order chi connectivity index (χ0) is 21.9. The van der Waals surface area contributed by atoms with Crippen LogP contribution in [-0.2, 0) is 16.6 Å². The van der Waals surface area contributed by atoms with E-state index in [4.69, 9.17) is 27.7 Å². The molecule has 2 amide bonds. The van der Waals surface area contributed by atoms with Gasteiger partial charge < -0.3 is 15.2 Å². The first-order valence-electron chi connectivity index (χ1n) is 9.25. The molecule has 1 aromatic heterocycles. The molecule has 6 nitrogen and oxygen atoms in total. The first-order valence-corrected chi connectivity index (χ1v) is 10.0. The molecule has 0 spiro atoms. The van der Waals surface area contributed by atoms with Gasteiger partial charge in [0.2, 0.25) is 5.91 Å². The summed E-state index contributed by atoms with van der Waals surface area (Å²) in [7, 11) is 0. The Balaban J connectivity index is 1.60. The van der Waals surface area contributed by atoms with Gasteiger partial charge >= 0.3 is 0 Å². The Morgan fingerprint density at radius 3 is 2.20 bits per heavy atom. The lowest BCUT2D eigenvalue weighted by Gasteiger charge is -2.12. The summed E-state index contributed by atoms with van der Waals surface area (Å²) in [5, 5.41) is 9.89. The van der Waals surface area contributed by atoms with Crippen molar-refractivity contribution in [3.63, 3.8) is 0 Å². The van der Waals surface area contributed by atoms with E-state index in [0.29, 0.717) is 17.3 Å². The molecule has 3 rings (SSSR count). The molecule has 3 aromatic rings. The molecule has 0 saturated heterocycles. The van der Waals surface area contributed by atoms with E-state index >= 15 is 0 Å². The van der Waals surface area contributed by atoms with Crippen LogP contribution in [0, 0.1) is 0 Å². The number of benzene rings is 2. The van der Waals surface area contributed by atoms with Crippen molar-refractivity contribution in [2.45, 2.75) is 32.6 Å². The number of rotatable bonds is 5. The SMILES string of the molecule is CC(C)(C)c1cc(NC(=O)Cc2ccc(NC(=O)c3c(Cl)cccc3Cl)cc2)no1. The van der Waals surface area contributed by atoms with Crippen LogP contribution in [0.15, 0.2) is 53.1 Å². The topological polar surface area (TPSA) is 84.2 Å². The van der Waals surface area contributed by atoms with E-state index in [2.05, 4.69) is 15.8 Å². The van der Waals surface area contributed by atoms with E-state index < -0.39 is 5.91 Å². The Kier molecular flexibility index (Phi) is 6.48. The minimum Gasteiger partial charge on any atom is -0.359 e. The fraction of sp³-hybridized carbons (Fsp3) is 0.227. The van der Waals surface area contributed by atoms with Gasteiger partial charge in [-0.3, -0.25) is 9.59 Å². The minimum atomic E-state index is -0.406. The Bertz CT molecular complexity index is 1050. The van der Waals surface area contributed by atoms with Gasteiger partial charge in [-0.25, -0.2) is 0 Å². The van der Waals surface area contributed by atoms with Gasteiger partial charge in [-0.15, -0.1) is 0 Å². The van der Waals surface area contributed by atoms with Gasteiger partial charge in [-0.05, 0) is 29.8 Å². The van der Waals surface area contributed by atoms with Crippen LogP contribution in [0.25, 0.3) is 0 Å². The van der Waals surface area contributed by atoms with Crippen LogP contribution < -0.4 is 10.6 Å². The van der Waals surface area contributed by atoms with Gasteiger partial charge in [0.15, 0.2) is 5.82 Å². The van der Waals surface area contributed by atoms with Gasteiger partial charge in [0.25, 0.3) is 5.91 Å². The van der Waals surface area contributed by atoms with Crippen LogP contribution in [0.4, 0.5) is 11.5 Å². The summed E-state index contributed by atoms with van der Waals surface area (Å²) in [6, 6.07) is 13.5. The van der Waals surface area contributed by atoms with Crippen molar-refractivity contribution >= 4 is 46.5 Å². The number of nitrogens with zero attached hydrogens (tertiary/aromatic N) is 1. The van der Waals surface area contributed by atoms with Crippen molar-refractivity contribution in [2.75, 3.05) is 10.6 Å². The largest absolute Gasteiger partial charge is 0.359 e. The summed E-state index contributed by atoms with van der Waals surface area (Å²) < 4.78 is 5.26. The number of amides is 2. The predicted molar refractivity (Wildman–Crippen MR) is 118 cm³/mol. The monoisotopic (exact) mass is 445 g/mol. The molecule has 2 aromatic carbocycles. The standard InChI is InChI=1S/C22H21Cl2N3O3/c1-22(2,3)17-12-18(27-30-17)26-19(28)11-13-7-9-14(10-8-13)25-21(29)20-15(23)5-4-6-16(20)24/h4-10,12H,11H2,1-3H3,(H,25,29)(H,26,27,28). The number of carbonyl (C=O) groups excluding carboxylic acids is 2. The molecular formula is C22H21Cl2N3O3. The van der Waals surface area contributed by atoms with E-state index in [9.17, 15) is 9.59 Å². The number of carbonyl (C=O) groups is 2. The molecule has 156 valence electrons. The molecule has 0 radical (unpaired) electrons. The number of aromatic nitrogens is 1. The van der Waals surface area contributed by atoms with Crippen molar-refractivity contribution in [2.24, 2.45) is 0 Å². The number of hydrogen-bond donors (Lipinski definition) is 2. The van der Waals surface area contributed by atoms with E-state index in [0.717, 1.165) is 5.56 Å². The molecular weight excluding hydrogens is 425 g/mol. The predicted octanol–water partition coefficient (Wildman–Crippen LogP) is 5.71. The number of halogens is 2. The lowest BCUT2D eigenvalue weighted by atomic mass is 9.93. The number of hydrogen-bond acceptors (Lipinski definition) is 4. The Hall–Kier alpha value is -2.83. The zero-order valence-electron chi connectivity index (χ0n) is 16.8. The van der Waals surface area contributed by atoms with E-state index in [1.165, 1.54) is 0 Å².